The average Bonchev–Trinajstić information content (AvgIpc) is 2.35. The minimum atomic E-state index is -3.16. The second kappa shape index (κ2) is 5.92. The lowest BCUT2D eigenvalue weighted by Crippen LogP contribution is -2.48. The highest BCUT2D eigenvalue weighted by molar-refractivity contribution is 7.92. The largest absolute Gasteiger partial charge is 0.497 e. The van der Waals surface area contributed by atoms with Crippen molar-refractivity contribution in [1.29, 1.82) is 0 Å². The Balaban J connectivity index is 2.66. The number of methoxy groups -OCH3 is 1. The van der Waals surface area contributed by atoms with Gasteiger partial charge in [-0.3, -0.25) is 0 Å². The van der Waals surface area contributed by atoms with Crippen LogP contribution in [0.5, 0.6) is 5.75 Å². The molecule has 0 aliphatic rings. The molecule has 1 aromatic carbocycles. The predicted molar refractivity (Wildman–Crippen MR) is 78.2 cm³/mol. The first kappa shape index (κ1) is 16.0. The van der Waals surface area contributed by atoms with Gasteiger partial charge in [-0.05, 0) is 44.4 Å². The van der Waals surface area contributed by atoms with Crippen LogP contribution < -0.4 is 10.5 Å². The summed E-state index contributed by atoms with van der Waals surface area (Å²) in [5, 5.41) is 0. The van der Waals surface area contributed by atoms with E-state index in [-0.39, 0.29) is 6.04 Å². The zero-order valence-corrected chi connectivity index (χ0v) is 12.8. The monoisotopic (exact) mass is 285 g/mol. The fourth-order valence-electron chi connectivity index (χ4n) is 1.74. The third-order valence-corrected chi connectivity index (χ3v) is 5.97. The van der Waals surface area contributed by atoms with Crippen LogP contribution in [0.25, 0.3) is 0 Å². The van der Waals surface area contributed by atoms with Gasteiger partial charge in [0.1, 0.15) is 5.75 Å². The summed E-state index contributed by atoms with van der Waals surface area (Å²) in [6, 6.07) is 7.34. The van der Waals surface area contributed by atoms with E-state index in [0.29, 0.717) is 6.42 Å². The van der Waals surface area contributed by atoms with Gasteiger partial charge in [0.2, 0.25) is 0 Å². The summed E-state index contributed by atoms with van der Waals surface area (Å²) in [6.07, 6.45) is 2.62. The van der Waals surface area contributed by atoms with E-state index in [9.17, 15) is 8.42 Å². The number of sulfone groups is 1. The van der Waals surface area contributed by atoms with Crippen molar-refractivity contribution < 1.29 is 13.2 Å². The molecule has 0 aromatic heterocycles. The molecule has 1 aromatic rings. The van der Waals surface area contributed by atoms with Crippen LogP contribution in [0.15, 0.2) is 24.3 Å². The first-order chi connectivity index (χ1) is 8.68. The van der Waals surface area contributed by atoms with Crippen LogP contribution in [-0.4, -0.2) is 32.6 Å². The Bertz CT molecular complexity index is 506. The SMILES string of the molecule is COc1ccc(CCC(N)C(C)(C)S(C)(=O)=O)cc1. The van der Waals surface area contributed by atoms with Crippen molar-refractivity contribution in [3.63, 3.8) is 0 Å². The first-order valence-electron chi connectivity index (χ1n) is 6.26. The second-order valence-electron chi connectivity index (χ2n) is 5.37. The minimum Gasteiger partial charge on any atom is -0.497 e. The molecule has 0 saturated heterocycles. The highest BCUT2D eigenvalue weighted by atomic mass is 32.2. The fraction of sp³-hybridized carbons (Fsp3) is 0.571. The van der Waals surface area contributed by atoms with E-state index in [0.717, 1.165) is 17.7 Å². The van der Waals surface area contributed by atoms with Gasteiger partial charge in [0, 0.05) is 12.3 Å². The van der Waals surface area contributed by atoms with Gasteiger partial charge in [0.05, 0.1) is 11.9 Å². The zero-order chi connectivity index (χ0) is 14.7. The maximum Gasteiger partial charge on any atom is 0.154 e. The van der Waals surface area contributed by atoms with E-state index in [1.54, 1.807) is 21.0 Å². The van der Waals surface area contributed by atoms with Gasteiger partial charge in [0.25, 0.3) is 0 Å². The normalized spacial score (nSPS) is 14.2. The van der Waals surface area contributed by atoms with Crippen molar-refractivity contribution in [2.24, 2.45) is 5.73 Å². The topological polar surface area (TPSA) is 69.4 Å². The van der Waals surface area contributed by atoms with E-state index >= 15 is 0 Å². The second-order valence-corrected chi connectivity index (χ2v) is 7.97. The number of ether oxygens (including phenoxy) is 1. The summed E-state index contributed by atoms with van der Waals surface area (Å²) in [6.45, 7) is 3.36. The zero-order valence-electron chi connectivity index (χ0n) is 12.0. The molecule has 19 heavy (non-hydrogen) atoms. The lowest BCUT2D eigenvalue weighted by molar-refractivity contribution is 0.414. The standard InChI is InChI=1S/C14H23NO3S/c1-14(2,19(4,16)17)13(15)10-7-11-5-8-12(18-3)9-6-11/h5-6,8-9,13H,7,10,15H2,1-4H3. The molecule has 1 atom stereocenters. The molecule has 0 spiro atoms. The Morgan fingerprint density at radius 1 is 1.26 bits per heavy atom. The predicted octanol–water partition coefficient (Wildman–Crippen LogP) is 1.78. The average molecular weight is 285 g/mol. The van der Waals surface area contributed by atoms with Crippen molar-refractivity contribution in [1.82, 2.24) is 0 Å². The summed E-state index contributed by atoms with van der Waals surface area (Å²) in [5.41, 5.74) is 7.16. The van der Waals surface area contributed by atoms with E-state index in [2.05, 4.69) is 0 Å². The first-order valence-corrected chi connectivity index (χ1v) is 8.15. The number of aryl methyl sites for hydroxylation is 1. The molecule has 0 heterocycles. The molecule has 108 valence electrons. The van der Waals surface area contributed by atoms with Gasteiger partial charge in [-0.2, -0.15) is 0 Å². The van der Waals surface area contributed by atoms with Gasteiger partial charge in [-0.25, -0.2) is 8.42 Å². The molecule has 0 radical (unpaired) electrons. The summed E-state index contributed by atoms with van der Waals surface area (Å²) >= 11 is 0. The number of rotatable bonds is 6. The summed E-state index contributed by atoms with van der Waals surface area (Å²) < 4.78 is 27.6. The molecule has 0 fully saturated rings. The van der Waals surface area contributed by atoms with E-state index < -0.39 is 14.6 Å². The number of hydrogen-bond donors (Lipinski definition) is 1. The molecule has 4 nitrogen and oxygen atoms in total. The van der Waals surface area contributed by atoms with Crippen molar-refractivity contribution >= 4 is 9.84 Å². The van der Waals surface area contributed by atoms with Crippen LogP contribution in [-0.2, 0) is 16.3 Å². The quantitative estimate of drug-likeness (QED) is 0.865. The Morgan fingerprint density at radius 2 is 1.79 bits per heavy atom. The molecule has 0 saturated carbocycles. The molecule has 5 heteroatoms. The van der Waals surface area contributed by atoms with E-state index in [1.807, 2.05) is 24.3 Å². The molecular formula is C14H23NO3S. The van der Waals surface area contributed by atoms with Crippen molar-refractivity contribution in [3.8, 4) is 5.75 Å². The van der Waals surface area contributed by atoms with Crippen LogP contribution in [0.4, 0.5) is 0 Å². The van der Waals surface area contributed by atoms with Crippen LogP contribution in [0.1, 0.15) is 25.8 Å². The number of hydrogen-bond acceptors (Lipinski definition) is 4. The third-order valence-electron chi connectivity index (χ3n) is 3.75. The highest BCUT2D eigenvalue weighted by Crippen LogP contribution is 2.22. The van der Waals surface area contributed by atoms with Gasteiger partial charge in [-0.1, -0.05) is 12.1 Å². The Morgan fingerprint density at radius 3 is 2.21 bits per heavy atom. The van der Waals surface area contributed by atoms with Crippen LogP contribution >= 0.6 is 0 Å². The Kier molecular flexibility index (Phi) is 4.98. The van der Waals surface area contributed by atoms with Crippen molar-refractivity contribution in [3.05, 3.63) is 29.8 Å². The van der Waals surface area contributed by atoms with Gasteiger partial charge in [-0.15, -0.1) is 0 Å². The lowest BCUT2D eigenvalue weighted by atomic mass is 9.97. The minimum absolute atomic E-state index is 0.385. The highest BCUT2D eigenvalue weighted by Gasteiger charge is 2.36. The maximum atomic E-state index is 11.7. The summed E-state index contributed by atoms with van der Waals surface area (Å²) in [4.78, 5) is 0. The Hall–Kier alpha value is -1.07. The molecular weight excluding hydrogens is 262 g/mol. The van der Waals surface area contributed by atoms with Crippen molar-refractivity contribution in [2.45, 2.75) is 37.5 Å². The van der Waals surface area contributed by atoms with Crippen LogP contribution in [0.2, 0.25) is 0 Å². The van der Waals surface area contributed by atoms with Crippen molar-refractivity contribution in [2.75, 3.05) is 13.4 Å². The molecule has 0 bridgehead atoms. The van der Waals surface area contributed by atoms with Gasteiger partial charge >= 0.3 is 0 Å². The molecule has 1 unspecified atom stereocenters. The molecule has 0 amide bonds. The summed E-state index contributed by atoms with van der Waals surface area (Å²) in [5.74, 6) is 0.810. The van der Waals surface area contributed by atoms with Gasteiger partial charge in [0.15, 0.2) is 9.84 Å². The Labute approximate surface area is 115 Å². The lowest BCUT2D eigenvalue weighted by Gasteiger charge is -2.29. The fourth-order valence-corrected chi connectivity index (χ4v) is 2.40. The van der Waals surface area contributed by atoms with Gasteiger partial charge < -0.3 is 10.5 Å². The summed E-state index contributed by atoms with van der Waals surface area (Å²) in [7, 11) is -1.54. The van der Waals surface area contributed by atoms with E-state index in [4.69, 9.17) is 10.5 Å². The molecule has 0 aliphatic heterocycles. The van der Waals surface area contributed by atoms with Crippen LogP contribution in [0, 0.1) is 0 Å². The molecule has 2 N–H and O–H groups in total. The molecule has 1 rings (SSSR count). The van der Waals surface area contributed by atoms with E-state index in [1.165, 1.54) is 6.26 Å². The molecule has 0 aliphatic carbocycles. The third kappa shape index (κ3) is 3.94. The van der Waals surface area contributed by atoms with Crippen LogP contribution in [0.3, 0.4) is 0 Å². The number of benzene rings is 1. The maximum absolute atomic E-state index is 11.7. The smallest absolute Gasteiger partial charge is 0.154 e. The number of nitrogens with two attached hydrogens (primary N) is 1.